The van der Waals surface area contributed by atoms with Gasteiger partial charge >= 0.3 is 12.1 Å². The molecule has 0 heterocycles. The molecule has 7 nitrogen and oxygen atoms in total. The van der Waals surface area contributed by atoms with Crippen molar-refractivity contribution < 1.29 is 28.5 Å². The van der Waals surface area contributed by atoms with Crippen molar-refractivity contribution in [2.24, 2.45) is 0 Å². The summed E-state index contributed by atoms with van der Waals surface area (Å²) in [5.74, 6) is 0.235. The lowest BCUT2D eigenvalue weighted by molar-refractivity contribution is -0.152. The van der Waals surface area contributed by atoms with Gasteiger partial charge in [0.25, 0.3) is 0 Å². The summed E-state index contributed by atoms with van der Waals surface area (Å²) in [5.41, 5.74) is 0.169. The van der Waals surface area contributed by atoms with Crippen LogP contribution in [0, 0.1) is 0 Å². The molecular formula is C21H33NO6. The maximum Gasteiger partial charge on any atom is 0.412 e. The van der Waals surface area contributed by atoms with Crippen molar-refractivity contribution in [1.82, 2.24) is 4.90 Å². The van der Waals surface area contributed by atoms with E-state index in [1.807, 2.05) is 31.2 Å². The molecule has 0 unspecified atom stereocenters. The van der Waals surface area contributed by atoms with Crippen molar-refractivity contribution in [3.05, 3.63) is 29.8 Å². The zero-order valence-electron chi connectivity index (χ0n) is 17.8. The maximum absolute atomic E-state index is 12.8. The van der Waals surface area contributed by atoms with Gasteiger partial charge in [-0.15, -0.1) is 0 Å². The molecule has 1 rings (SSSR count). The Morgan fingerprint density at radius 3 is 2.25 bits per heavy atom. The standard InChI is InChI=1S/C21H33NO6/c1-7-8-13-27-19(23)18(14-16-9-11-17(26-6)12-10-16)22(15-25-5)20(24)28-21(2,3)4/h9-12,18H,7-8,13-15H2,1-6H3/t18-/m0/s1. The lowest BCUT2D eigenvalue weighted by Gasteiger charge is -2.31. The summed E-state index contributed by atoms with van der Waals surface area (Å²) in [6.07, 6.45) is 1.32. The van der Waals surface area contributed by atoms with Gasteiger partial charge in [0.05, 0.1) is 13.7 Å². The van der Waals surface area contributed by atoms with Crippen molar-refractivity contribution in [2.75, 3.05) is 27.6 Å². The predicted octanol–water partition coefficient (Wildman–Crippen LogP) is 3.79. The van der Waals surface area contributed by atoms with Crippen molar-refractivity contribution in [3.8, 4) is 5.75 Å². The van der Waals surface area contributed by atoms with E-state index in [9.17, 15) is 9.59 Å². The van der Waals surface area contributed by atoms with Gasteiger partial charge in [0, 0.05) is 13.5 Å². The van der Waals surface area contributed by atoms with Crippen molar-refractivity contribution in [2.45, 2.75) is 58.6 Å². The number of unbranched alkanes of at least 4 members (excludes halogenated alkanes) is 1. The highest BCUT2D eigenvalue weighted by Crippen LogP contribution is 2.18. The summed E-state index contributed by atoms with van der Waals surface area (Å²) < 4.78 is 21.2. The number of benzene rings is 1. The molecule has 158 valence electrons. The molecule has 0 radical (unpaired) electrons. The highest BCUT2D eigenvalue weighted by molar-refractivity contribution is 5.82. The summed E-state index contributed by atoms with van der Waals surface area (Å²) >= 11 is 0. The van der Waals surface area contributed by atoms with Crippen LogP contribution < -0.4 is 4.74 Å². The van der Waals surface area contributed by atoms with Gasteiger partial charge in [-0.1, -0.05) is 25.5 Å². The Labute approximate surface area is 167 Å². The van der Waals surface area contributed by atoms with Gasteiger partial charge in [-0.3, -0.25) is 4.90 Å². The molecule has 7 heteroatoms. The van der Waals surface area contributed by atoms with Crippen LogP contribution in [0.1, 0.15) is 46.1 Å². The van der Waals surface area contributed by atoms with Crippen molar-refractivity contribution in [1.29, 1.82) is 0 Å². The van der Waals surface area contributed by atoms with Crippen molar-refractivity contribution in [3.63, 3.8) is 0 Å². The van der Waals surface area contributed by atoms with Crippen LogP contribution in [-0.4, -0.2) is 56.2 Å². The van der Waals surface area contributed by atoms with E-state index < -0.39 is 23.7 Å². The number of ether oxygens (including phenoxy) is 4. The fourth-order valence-corrected chi connectivity index (χ4v) is 2.45. The lowest BCUT2D eigenvalue weighted by atomic mass is 10.0. The number of amides is 1. The molecule has 0 fully saturated rings. The van der Waals surface area contributed by atoms with E-state index in [0.29, 0.717) is 12.4 Å². The van der Waals surface area contributed by atoms with Crippen molar-refractivity contribution >= 4 is 12.1 Å². The Kier molecular flexibility index (Phi) is 9.79. The van der Waals surface area contributed by atoms with E-state index in [0.717, 1.165) is 18.4 Å². The molecule has 0 spiro atoms. The van der Waals surface area contributed by atoms with E-state index in [1.54, 1.807) is 27.9 Å². The van der Waals surface area contributed by atoms with Crippen LogP contribution in [0.5, 0.6) is 5.75 Å². The molecule has 0 N–H and O–H groups in total. The minimum atomic E-state index is -0.861. The first-order chi connectivity index (χ1) is 13.2. The smallest absolute Gasteiger partial charge is 0.412 e. The second-order valence-corrected chi connectivity index (χ2v) is 7.46. The molecule has 28 heavy (non-hydrogen) atoms. The highest BCUT2D eigenvalue weighted by Gasteiger charge is 2.34. The summed E-state index contributed by atoms with van der Waals surface area (Å²) in [5, 5.41) is 0. The number of carbonyl (C=O) groups is 2. The van der Waals surface area contributed by atoms with Gasteiger partial charge in [0.1, 0.15) is 24.1 Å². The fraction of sp³-hybridized carbons (Fsp3) is 0.619. The van der Waals surface area contributed by atoms with Crippen LogP contribution in [0.25, 0.3) is 0 Å². The summed E-state index contributed by atoms with van der Waals surface area (Å²) in [6, 6.07) is 6.46. The normalized spacial score (nSPS) is 12.2. The lowest BCUT2D eigenvalue weighted by Crippen LogP contribution is -2.49. The van der Waals surface area contributed by atoms with Gasteiger partial charge in [-0.2, -0.15) is 0 Å². The largest absolute Gasteiger partial charge is 0.497 e. The molecule has 1 atom stereocenters. The molecule has 0 saturated heterocycles. The Balaban J connectivity index is 3.08. The number of rotatable bonds is 10. The van der Waals surface area contributed by atoms with Gasteiger partial charge in [0.2, 0.25) is 0 Å². The number of hydrogen-bond donors (Lipinski definition) is 0. The third kappa shape index (κ3) is 8.17. The minimum absolute atomic E-state index is 0.0847. The third-order valence-electron chi connectivity index (χ3n) is 3.87. The molecule has 0 aliphatic heterocycles. The molecule has 0 aliphatic rings. The molecule has 1 aromatic rings. The maximum atomic E-state index is 12.8. The molecule has 0 aliphatic carbocycles. The van der Waals surface area contributed by atoms with Gasteiger partial charge < -0.3 is 18.9 Å². The monoisotopic (exact) mass is 395 g/mol. The first kappa shape index (κ1) is 23.8. The topological polar surface area (TPSA) is 74.3 Å². The number of methoxy groups -OCH3 is 2. The third-order valence-corrected chi connectivity index (χ3v) is 3.87. The molecule has 0 bridgehead atoms. The minimum Gasteiger partial charge on any atom is -0.497 e. The van der Waals surface area contributed by atoms with Crippen LogP contribution in [0.15, 0.2) is 24.3 Å². The molecular weight excluding hydrogens is 362 g/mol. The second kappa shape index (κ2) is 11.5. The van der Waals surface area contributed by atoms with E-state index in [2.05, 4.69) is 0 Å². The predicted molar refractivity (Wildman–Crippen MR) is 106 cm³/mol. The Morgan fingerprint density at radius 2 is 1.75 bits per heavy atom. The fourth-order valence-electron chi connectivity index (χ4n) is 2.45. The van der Waals surface area contributed by atoms with E-state index >= 15 is 0 Å². The van der Waals surface area contributed by atoms with Gasteiger partial charge in [-0.25, -0.2) is 9.59 Å². The molecule has 0 saturated carbocycles. The Morgan fingerprint density at radius 1 is 1.11 bits per heavy atom. The quantitative estimate of drug-likeness (QED) is 0.341. The van der Waals surface area contributed by atoms with Crippen LogP contribution in [0.3, 0.4) is 0 Å². The van der Waals surface area contributed by atoms with Gasteiger partial charge in [0.15, 0.2) is 0 Å². The Bertz CT molecular complexity index is 608. The summed E-state index contributed by atoms with van der Waals surface area (Å²) in [4.78, 5) is 26.8. The van der Waals surface area contributed by atoms with E-state index in [1.165, 1.54) is 12.0 Å². The first-order valence-corrected chi connectivity index (χ1v) is 9.50. The number of nitrogens with zero attached hydrogens (tertiary/aromatic N) is 1. The highest BCUT2D eigenvalue weighted by atomic mass is 16.6. The van der Waals surface area contributed by atoms with E-state index in [-0.39, 0.29) is 13.2 Å². The van der Waals surface area contributed by atoms with Gasteiger partial charge in [-0.05, 0) is 44.9 Å². The molecule has 1 amide bonds. The molecule has 0 aromatic heterocycles. The van der Waals surface area contributed by atoms with E-state index in [4.69, 9.17) is 18.9 Å². The summed E-state index contributed by atoms with van der Waals surface area (Å²) in [6.45, 7) is 7.55. The van der Waals surface area contributed by atoms with Crippen LogP contribution in [-0.2, 0) is 25.4 Å². The SMILES string of the molecule is CCCCOC(=O)[C@H](Cc1ccc(OC)cc1)N(COC)C(=O)OC(C)(C)C. The molecule has 1 aromatic carbocycles. The van der Waals surface area contributed by atoms with Crippen LogP contribution >= 0.6 is 0 Å². The first-order valence-electron chi connectivity index (χ1n) is 9.50. The number of carbonyl (C=O) groups excluding carboxylic acids is 2. The zero-order valence-corrected chi connectivity index (χ0v) is 17.8. The second-order valence-electron chi connectivity index (χ2n) is 7.46. The van der Waals surface area contributed by atoms with Crippen LogP contribution in [0.2, 0.25) is 0 Å². The Hall–Kier alpha value is -2.28. The number of esters is 1. The zero-order chi connectivity index (χ0) is 21.2. The number of hydrogen-bond acceptors (Lipinski definition) is 6. The van der Waals surface area contributed by atoms with Crippen LogP contribution in [0.4, 0.5) is 4.79 Å². The average Bonchev–Trinajstić information content (AvgIpc) is 2.63. The average molecular weight is 395 g/mol. The summed E-state index contributed by atoms with van der Waals surface area (Å²) in [7, 11) is 3.05.